The summed E-state index contributed by atoms with van der Waals surface area (Å²) in [5.74, 6) is 0.0764. The van der Waals surface area contributed by atoms with Crippen LogP contribution in [0.4, 0.5) is 0 Å². The molecule has 1 unspecified atom stereocenters. The lowest BCUT2D eigenvalue weighted by Gasteiger charge is -2.35. The molecule has 192 valence electrons. The van der Waals surface area contributed by atoms with Crippen LogP contribution in [-0.4, -0.2) is 110 Å². The largest absolute Gasteiger partial charge is 0.378 e. The molecule has 0 aromatic heterocycles. The van der Waals surface area contributed by atoms with Crippen molar-refractivity contribution in [3.63, 3.8) is 0 Å². The molecule has 0 radical (unpaired) electrons. The van der Waals surface area contributed by atoms with Crippen LogP contribution in [0, 0.1) is 0 Å². The number of nitrogens with one attached hydrogen (secondary N) is 1. The first-order valence-corrected chi connectivity index (χ1v) is 13.8. The Morgan fingerprint density at radius 1 is 0.844 bits per heavy atom. The van der Waals surface area contributed by atoms with Gasteiger partial charge in [0.15, 0.2) is 0 Å². The van der Waals surface area contributed by atoms with Crippen LogP contribution < -0.4 is 4.72 Å². The summed E-state index contributed by atoms with van der Waals surface area (Å²) in [5.41, 5.74) is 0. The van der Waals surface area contributed by atoms with Crippen LogP contribution in [0.1, 0.15) is 46.5 Å². The van der Waals surface area contributed by atoms with Crippen LogP contribution in [-0.2, 0) is 33.7 Å². The molecule has 32 heavy (non-hydrogen) atoms. The van der Waals surface area contributed by atoms with Crippen LogP contribution in [0.25, 0.3) is 0 Å². The minimum Gasteiger partial charge on any atom is -0.378 e. The molecule has 0 amide bonds. The molecular weight excluding hydrogens is 436 g/mol. The summed E-state index contributed by atoms with van der Waals surface area (Å²) in [7, 11) is -3.15. The Balaban J connectivity index is 1.78. The van der Waals surface area contributed by atoms with Crippen LogP contribution >= 0.6 is 0 Å². The summed E-state index contributed by atoms with van der Waals surface area (Å²) in [6.07, 6.45) is 5.10. The van der Waals surface area contributed by atoms with Gasteiger partial charge in [0.1, 0.15) is 0 Å². The Morgan fingerprint density at radius 2 is 1.34 bits per heavy atom. The Hall–Kier alpha value is -0.330. The normalized spacial score (nSPS) is 17.1. The molecule has 0 aromatic carbocycles. The van der Waals surface area contributed by atoms with Crippen molar-refractivity contribution in [2.45, 2.75) is 58.6 Å². The highest BCUT2D eigenvalue weighted by Crippen LogP contribution is 2.17. The van der Waals surface area contributed by atoms with Gasteiger partial charge in [0, 0.05) is 25.7 Å². The standard InChI is InChI=1S/C22H46N2O7S/c1-4-6-21(3)24-10-7-22(8-11-24)31-20-19-30-18-17-29-16-15-28-14-13-27-12-9-23-32(25,26)5-2/h21-23H,4-20H2,1-3H3. The second-order valence-corrected chi connectivity index (χ2v) is 10.1. The maximum absolute atomic E-state index is 11.2. The van der Waals surface area contributed by atoms with E-state index >= 15 is 0 Å². The van der Waals surface area contributed by atoms with E-state index in [-0.39, 0.29) is 12.3 Å². The van der Waals surface area contributed by atoms with E-state index in [1.54, 1.807) is 6.92 Å². The lowest BCUT2D eigenvalue weighted by molar-refractivity contribution is -0.0391. The van der Waals surface area contributed by atoms with Crippen LogP contribution in [0.2, 0.25) is 0 Å². The molecule has 1 N–H and O–H groups in total. The average molecular weight is 483 g/mol. The second-order valence-electron chi connectivity index (χ2n) is 7.99. The summed E-state index contributed by atoms with van der Waals surface area (Å²) >= 11 is 0. The molecule has 10 heteroatoms. The van der Waals surface area contributed by atoms with E-state index in [1.807, 2.05) is 0 Å². The summed E-state index contributed by atoms with van der Waals surface area (Å²) in [6, 6.07) is 0.684. The van der Waals surface area contributed by atoms with Crippen molar-refractivity contribution in [1.82, 2.24) is 9.62 Å². The molecule has 1 heterocycles. The van der Waals surface area contributed by atoms with E-state index in [9.17, 15) is 8.42 Å². The fourth-order valence-corrected chi connectivity index (χ4v) is 4.09. The zero-order valence-electron chi connectivity index (χ0n) is 20.4. The van der Waals surface area contributed by atoms with Gasteiger partial charge in [-0.05, 0) is 33.1 Å². The quantitative estimate of drug-likeness (QED) is 0.247. The Kier molecular flexibility index (Phi) is 17.7. The van der Waals surface area contributed by atoms with Crippen molar-refractivity contribution in [3.05, 3.63) is 0 Å². The van der Waals surface area contributed by atoms with Gasteiger partial charge in [0.25, 0.3) is 0 Å². The highest BCUT2D eigenvalue weighted by Gasteiger charge is 2.22. The van der Waals surface area contributed by atoms with Crippen LogP contribution in [0.3, 0.4) is 0 Å². The molecule has 1 aliphatic heterocycles. The first-order valence-electron chi connectivity index (χ1n) is 12.1. The van der Waals surface area contributed by atoms with Gasteiger partial charge < -0.3 is 28.6 Å². The number of ether oxygens (including phenoxy) is 5. The number of hydrogen-bond donors (Lipinski definition) is 1. The molecule has 0 bridgehead atoms. The topological polar surface area (TPSA) is 95.6 Å². The second kappa shape index (κ2) is 19.0. The molecule has 0 saturated carbocycles. The summed E-state index contributed by atoms with van der Waals surface area (Å²) in [5, 5.41) is 0. The number of rotatable bonds is 21. The first-order chi connectivity index (χ1) is 15.5. The van der Waals surface area contributed by atoms with Gasteiger partial charge in [0.2, 0.25) is 10.0 Å². The lowest BCUT2D eigenvalue weighted by atomic mass is 10.0. The predicted octanol–water partition coefficient (Wildman–Crippen LogP) is 1.66. The van der Waals surface area contributed by atoms with E-state index in [0.29, 0.717) is 71.6 Å². The summed E-state index contributed by atoms with van der Waals surface area (Å²) in [6.45, 7) is 13.2. The lowest BCUT2D eigenvalue weighted by Crippen LogP contribution is -2.42. The van der Waals surface area contributed by atoms with E-state index in [1.165, 1.54) is 12.8 Å². The fraction of sp³-hybridized carbons (Fsp3) is 1.00. The van der Waals surface area contributed by atoms with Gasteiger partial charge in [-0.2, -0.15) is 0 Å². The third-order valence-electron chi connectivity index (χ3n) is 5.45. The van der Waals surface area contributed by atoms with Crippen molar-refractivity contribution in [3.8, 4) is 0 Å². The minimum absolute atomic E-state index is 0.0764. The molecule has 1 aliphatic rings. The Bertz CT molecular complexity index is 528. The highest BCUT2D eigenvalue weighted by molar-refractivity contribution is 7.89. The van der Waals surface area contributed by atoms with Gasteiger partial charge in [-0.15, -0.1) is 0 Å². The van der Waals surface area contributed by atoms with Crippen molar-refractivity contribution < 1.29 is 32.1 Å². The Morgan fingerprint density at radius 3 is 1.84 bits per heavy atom. The number of sulfonamides is 1. The third kappa shape index (κ3) is 15.5. The maximum Gasteiger partial charge on any atom is 0.211 e. The van der Waals surface area contributed by atoms with Gasteiger partial charge in [-0.25, -0.2) is 13.1 Å². The van der Waals surface area contributed by atoms with Crippen molar-refractivity contribution in [2.75, 3.05) is 84.8 Å². The zero-order chi connectivity index (χ0) is 23.5. The molecule has 9 nitrogen and oxygen atoms in total. The smallest absolute Gasteiger partial charge is 0.211 e. The molecule has 0 aromatic rings. The molecule has 0 spiro atoms. The number of nitrogens with zero attached hydrogens (tertiary/aromatic N) is 1. The third-order valence-corrected chi connectivity index (χ3v) is 6.86. The van der Waals surface area contributed by atoms with E-state index < -0.39 is 10.0 Å². The molecule has 1 fully saturated rings. The van der Waals surface area contributed by atoms with Crippen molar-refractivity contribution in [2.24, 2.45) is 0 Å². The van der Waals surface area contributed by atoms with Gasteiger partial charge >= 0.3 is 0 Å². The van der Waals surface area contributed by atoms with Gasteiger partial charge in [-0.1, -0.05) is 13.3 Å². The molecule has 1 rings (SSSR count). The predicted molar refractivity (Wildman–Crippen MR) is 126 cm³/mol. The maximum atomic E-state index is 11.2. The van der Waals surface area contributed by atoms with Crippen molar-refractivity contribution >= 4 is 10.0 Å². The average Bonchev–Trinajstić information content (AvgIpc) is 2.79. The summed E-state index contributed by atoms with van der Waals surface area (Å²) < 4.78 is 52.6. The van der Waals surface area contributed by atoms with Gasteiger partial charge in [-0.3, -0.25) is 0 Å². The highest BCUT2D eigenvalue weighted by atomic mass is 32.2. The SMILES string of the molecule is CCCC(C)N1CCC(OCCOCCOCCOCCOCCNS(=O)(=O)CC)CC1. The summed E-state index contributed by atoms with van der Waals surface area (Å²) in [4.78, 5) is 2.58. The van der Waals surface area contributed by atoms with Crippen LogP contribution in [0.15, 0.2) is 0 Å². The van der Waals surface area contributed by atoms with E-state index in [0.717, 1.165) is 25.9 Å². The molecular formula is C22H46N2O7S. The van der Waals surface area contributed by atoms with Crippen LogP contribution in [0.5, 0.6) is 0 Å². The molecule has 1 atom stereocenters. The Labute approximate surface area is 195 Å². The number of likely N-dealkylation sites (tertiary alicyclic amines) is 1. The number of hydrogen-bond acceptors (Lipinski definition) is 8. The van der Waals surface area contributed by atoms with E-state index in [2.05, 4.69) is 23.5 Å². The molecule has 1 saturated heterocycles. The first kappa shape index (κ1) is 29.7. The van der Waals surface area contributed by atoms with Crippen molar-refractivity contribution in [1.29, 1.82) is 0 Å². The van der Waals surface area contributed by atoms with E-state index in [4.69, 9.17) is 23.7 Å². The zero-order valence-corrected chi connectivity index (χ0v) is 21.2. The fourth-order valence-electron chi connectivity index (χ4n) is 3.49. The minimum atomic E-state index is -3.15. The van der Waals surface area contributed by atoms with Gasteiger partial charge in [0.05, 0.1) is 71.3 Å². The molecule has 0 aliphatic carbocycles. The monoisotopic (exact) mass is 482 g/mol. The number of piperidine rings is 1.